The van der Waals surface area contributed by atoms with E-state index in [0.717, 1.165) is 12.0 Å². The highest BCUT2D eigenvalue weighted by atomic mass is 16.4. The van der Waals surface area contributed by atoms with Crippen molar-refractivity contribution in [3.63, 3.8) is 0 Å². The monoisotopic (exact) mass is 264 g/mol. The van der Waals surface area contributed by atoms with Crippen molar-refractivity contribution >= 4 is 11.9 Å². The van der Waals surface area contributed by atoms with Gasteiger partial charge in [-0.15, -0.1) is 0 Å². The van der Waals surface area contributed by atoms with Crippen LogP contribution in [0.25, 0.3) is 0 Å². The Morgan fingerprint density at radius 2 is 1.95 bits per heavy atom. The van der Waals surface area contributed by atoms with Crippen molar-refractivity contribution in [1.82, 2.24) is 5.32 Å². The van der Waals surface area contributed by atoms with E-state index in [1.54, 1.807) is 12.1 Å². The Balaban J connectivity index is 2.62. The number of aliphatic carboxylic acids is 1. The number of nitrogens with one attached hydrogen (secondary N) is 1. The first-order chi connectivity index (χ1) is 9.04. The van der Waals surface area contributed by atoms with Gasteiger partial charge in [-0.1, -0.05) is 37.6 Å². The number of hydrogen-bond acceptors (Lipinski definition) is 3. The van der Waals surface area contributed by atoms with E-state index in [2.05, 4.69) is 5.32 Å². The second-order valence-electron chi connectivity index (χ2n) is 4.45. The Morgan fingerprint density at radius 3 is 2.53 bits per heavy atom. The molecule has 1 atom stereocenters. The summed E-state index contributed by atoms with van der Waals surface area (Å²) < 4.78 is 0. The second kappa shape index (κ2) is 7.53. The molecule has 0 saturated carbocycles. The molecular formula is C14H20N2O3. The topological polar surface area (TPSA) is 92.4 Å². The summed E-state index contributed by atoms with van der Waals surface area (Å²) in [6, 6.07) is 6.66. The fourth-order valence-electron chi connectivity index (χ4n) is 1.82. The van der Waals surface area contributed by atoms with Crippen LogP contribution in [0, 0.1) is 0 Å². The minimum absolute atomic E-state index is 0.0486. The lowest BCUT2D eigenvalue weighted by Crippen LogP contribution is -2.40. The number of benzene rings is 1. The van der Waals surface area contributed by atoms with Crippen LogP contribution in [0.15, 0.2) is 24.3 Å². The number of amides is 1. The molecule has 104 valence electrons. The summed E-state index contributed by atoms with van der Waals surface area (Å²) in [5, 5.41) is 11.6. The third-order valence-electron chi connectivity index (χ3n) is 2.85. The fourth-order valence-corrected chi connectivity index (χ4v) is 1.82. The maximum absolute atomic E-state index is 11.7. The molecule has 1 unspecified atom stereocenters. The Bertz CT molecular complexity index is 446. The normalized spacial score (nSPS) is 11.9. The van der Waals surface area contributed by atoms with Crippen LogP contribution in [0.2, 0.25) is 0 Å². The molecule has 0 radical (unpaired) electrons. The molecule has 19 heavy (non-hydrogen) atoms. The van der Waals surface area contributed by atoms with E-state index in [9.17, 15) is 9.59 Å². The van der Waals surface area contributed by atoms with Gasteiger partial charge in [0.25, 0.3) is 0 Å². The van der Waals surface area contributed by atoms with Gasteiger partial charge < -0.3 is 16.2 Å². The summed E-state index contributed by atoms with van der Waals surface area (Å²) in [4.78, 5) is 22.4. The summed E-state index contributed by atoms with van der Waals surface area (Å²) in [5.41, 5.74) is 7.22. The van der Waals surface area contributed by atoms with Crippen molar-refractivity contribution in [2.24, 2.45) is 5.73 Å². The number of carbonyl (C=O) groups is 2. The fraction of sp³-hybridized carbons (Fsp3) is 0.429. The summed E-state index contributed by atoms with van der Waals surface area (Å²) in [5.74, 6) is -1.09. The number of carboxylic acids is 1. The van der Waals surface area contributed by atoms with Gasteiger partial charge in [-0.25, -0.2) is 0 Å². The predicted octanol–water partition coefficient (Wildman–Crippen LogP) is 1.06. The Hall–Kier alpha value is -1.88. The van der Waals surface area contributed by atoms with Gasteiger partial charge in [0, 0.05) is 6.54 Å². The molecule has 5 nitrogen and oxygen atoms in total. The van der Waals surface area contributed by atoms with E-state index in [4.69, 9.17) is 10.8 Å². The van der Waals surface area contributed by atoms with Crippen LogP contribution in [0.5, 0.6) is 0 Å². The van der Waals surface area contributed by atoms with Crippen LogP contribution < -0.4 is 11.1 Å². The Labute approximate surface area is 112 Å². The summed E-state index contributed by atoms with van der Waals surface area (Å²) >= 11 is 0. The van der Waals surface area contributed by atoms with E-state index in [0.29, 0.717) is 18.5 Å². The van der Waals surface area contributed by atoms with Crippen LogP contribution in [-0.2, 0) is 22.6 Å². The number of rotatable bonds is 7. The third-order valence-corrected chi connectivity index (χ3v) is 2.85. The van der Waals surface area contributed by atoms with E-state index < -0.39 is 12.0 Å². The van der Waals surface area contributed by atoms with E-state index in [1.165, 1.54) is 0 Å². The van der Waals surface area contributed by atoms with Gasteiger partial charge in [0.15, 0.2) is 0 Å². The highest BCUT2D eigenvalue weighted by molar-refractivity contribution is 5.81. The summed E-state index contributed by atoms with van der Waals surface area (Å²) in [7, 11) is 0. The number of hydrogen-bond donors (Lipinski definition) is 3. The van der Waals surface area contributed by atoms with Crippen molar-refractivity contribution < 1.29 is 14.7 Å². The molecule has 0 aliphatic carbocycles. The van der Waals surface area contributed by atoms with Gasteiger partial charge in [0.1, 0.15) is 0 Å². The Morgan fingerprint density at radius 1 is 1.32 bits per heavy atom. The second-order valence-corrected chi connectivity index (χ2v) is 4.45. The molecule has 0 heterocycles. The van der Waals surface area contributed by atoms with Crippen LogP contribution in [0.3, 0.4) is 0 Å². The average molecular weight is 264 g/mol. The van der Waals surface area contributed by atoms with Crippen LogP contribution in [-0.4, -0.2) is 23.0 Å². The first kappa shape index (κ1) is 15.2. The zero-order chi connectivity index (χ0) is 14.3. The zero-order valence-electron chi connectivity index (χ0n) is 11.1. The molecule has 5 heteroatoms. The van der Waals surface area contributed by atoms with Crippen molar-refractivity contribution in [1.29, 1.82) is 0 Å². The van der Waals surface area contributed by atoms with Crippen molar-refractivity contribution in [3.8, 4) is 0 Å². The zero-order valence-corrected chi connectivity index (χ0v) is 11.1. The molecule has 0 saturated heterocycles. The summed E-state index contributed by atoms with van der Waals surface area (Å²) in [6.07, 6.45) is 1.44. The molecule has 1 aromatic rings. The van der Waals surface area contributed by atoms with Crippen LogP contribution in [0.1, 0.15) is 30.9 Å². The highest BCUT2D eigenvalue weighted by Gasteiger charge is 2.12. The number of nitrogens with two attached hydrogens (primary N) is 1. The maximum atomic E-state index is 11.7. The van der Waals surface area contributed by atoms with Gasteiger partial charge in [-0.05, 0) is 17.5 Å². The predicted molar refractivity (Wildman–Crippen MR) is 72.5 cm³/mol. The Kier molecular flexibility index (Phi) is 6.02. The first-order valence-electron chi connectivity index (χ1n) is 6.36. The average Bonchev–Trinajstić information content (AvgIpc) is 2.37. The number of carboxylic acid groups (broad SMARTS) is 1. The molecule has 4 N–H and O–H groups in total. The molecular weight excluding hydrogens is 244 g/mol. The minimum atomic E-state index is -0.888. The molecule has 1 amide bonds. The van der Waals surface area contributed by atoms with Crippen LogP contribution in [0.4, 0.5) is 0 Å². The van der Waals surface area contributed by atoms with Gasteiger partial charge in [0.2, 0.25) is 5.91 Å². The maximum Gasteiger partial charge on any atom is 0.307 e. The number of carbonyl (C=O) groups excluding carboxylic acids is 1. The molecule has 0 spiro atoms. The highest BCUT2D eigenvalue weighted by Crippen LogP contribution is 2.09. The van der Waals surface area contributed by atoms with Crippen molar-refractivity contribution in [2.45, 2.75) is 38.8 Å². The molecule has 1 rings (SSSR count). The van der Waals surface area contributed by atoms with Gasteiger partial charge in [0.05, 0.1) is 12.5 Å². The lowest BCUT2D eigenvalue weighted by molar-refractivity contribution is -0.136. The lowest BCUT2D eigenvalue weighted by atomic mass is 10.0. The van der Waals surface area contributed by atoms with Gasteiger partial charge >= 0.3 is 5.97 Å². The van der Waals surface area contributed by atoms with E-state index in [1.807, 2.05) is 19.1 Å². The molecule has 0 bridgehead atoms. The van der Waals surface area contributed by atoms with Crippen LogP contribution >= 0.6 is 0 Å². The standard InChI is InChI=1S/C14H20N2O3/c1-2-5-12(15)14(19)16-9-11-7-4-3-6-10(11)8-13(17)18/h3-4,6-7,12H,2,5,8-9,15H2,1H3,(H,16,19)(H,17,18). The largest absolute Gasteiger partial charge is 0.481 e. The van der Waals surface area contributed by atoms with Crippen molar-refractivity contribution in [2.75, 3.05) is 0 Å². The lowest BCUT2D eigenvalue weighted by Gasteiger charge is -2.13. The van der Waals surface area contributed by atoms with Gasteiger partial charge in [-0.2, -0.15) is 0 Å². The summed E-state index contributed by atoms with van der Waals surface area (Å²) in [6.45, 7) is 2.27. The first-order valence-corrected chi connectivity index (χ1v) is 6.36. The quantitative estimate of drug-likeness (QED) is 0.686. The van der Waals surface area contributed by atoms with E-state index >= 15 is 0 Å². The smallest absolute Gasteiger partial charge is 0.307 e. The third kappa shape index (κ3) is 5.09. The van der Waals surface area contributed by atoms with E-state index in [-0.39, 0.29) is 12.3 Å². The molecule has 0 aromatic heterocycles. The van der Waals surface area contributed by atoms with Crippen molar-refractivity contribution in [3.05, 3.63) is 35.4 Å². The van der Waals surface area contributed by atoms with Gasteiger partial charge in [-0.3, -0.25) is 9.59 Å². The minimum Gasteiger partial charge on any atom is -0.481 e. The SMILES string of the molecule is CCCC(N)C(=O)NCc1ccccc1CC(=O)O. The molecule has 0 aliphatic heterocycles. The molecule has 1 aromatic carbocycles. The molecule has 0 fully saturated rings. The molecule has 0 aliphatic rings.